The van der Waals surface area contributed by atoms with E-state index in [2.05, 4.69) is 18.2 Å². The second kappa shape index (κ2) is 14.6. The number of aryl methyl sites for hydroxylation is 1. The summed E-state index contributed by atoms with van der Waals surface area (Å²) in [7, 11) is -0.438. The quantitative estimate of drug-likeness (QED) is 0.206. The molecule has 9 nitrogen and oxygen atoms in total. The summed E-state index contributed by atoms with van der Waals surface area (Å²) in [6, 6.07) is 22.8. The van der Waals surface area contributed by atoms with Crippen LogP contribution in [0.4, 0.5) is 5.69 Å². The lowest BCUT2D eigenvalue weighted by molar-refractivity contribution is -0.0648. The number of hydrogen-bond acceptors (Lipinski definition) is 7. The Labute approximate surface area is 268 Å². The number of methoxy groups -OCH3 is 2. The maximum Gasteiger partial charge on any atom is 0.243 e. The highest BCUT2D eigenvalue weighted by Crippen LogP contribution is 2.41. The fourth-order valence-corrected chi connectivity index (χ4v) is 8.43. The Bertz CT molecular complexity index is 1500. The van der Waals surface area contributed by atoms with E-state index in [-0.39, 0.29) is 29.4 Å². The Kier molecular flexibility index (Phi) is 10.8. The fraction of sp³-hybridized carbons (Fsp3) is 0.486. The van der Waals surface area contributed by atoms with Gasteiger partial charge in [-0.15, -0.1) is 0 Å². The van der Waals surface area contributed by atoms with Crippen LogP contribution >= 0.6 is 0 Å². The fourth-order valence-electron chi connectivity index (χ4n) is 6.77. The minimum absolute atomic E-state index is 0.0422. The molecule has 0 aromatic heterocycles. The van der Waals surface area contributed by atoms with Gasteiger partial charge < -0.3 is 24.7 Å². The maximum atomic E-state index is 14.2. The van der Waals surface area contributed by atoms with Crippen molar-refractivity contribution in [2.75, 3.05) is 53.8 Å². The predicted octanol–water partition coefficient (Wildman–Crippen LogP) is 5.07. The Balaban J connectivity index is 1.52. The molecule has 1 fully saturated rings. The van der Waals surface area contributed by atoms with Gasteiger partial charge in [-0.2, -0.15) is 4.31 Å². The third-order valence-corrected chi connectivity index (χ3v) is 11.1. The highest BCUT2D eigenvalue weighted by molar-refractivity contribution is 7.89. The number of nitrogens with zero attached hydrogens (tertiary/aromatic N) is 2. The zero-order valence-electron chi connectivity index (χ0n) is 26.9. The average molecular weight is 639 g/mol. The van der Waals surface area contributed by atoms with Gasteiger partial charge >= 0.3 is 0 Å². The van der Waals surface area contributed by atoms with Crippen LogP contribution in [0, 0.1) is 6.92 Å². The van der Waals surface area contributed by atoms with Gasteiger partial charge in [0.15, 0.2) is 18.2 Å². The molecule has 2 heterocycles. The molecule has 0 aliphatic carbocycles. The normalized spacial score (nSPS) is 24.4. The molecule has 0 radical (unpaired) electrons. The number of ether oxygens (including phenoxy) is 4. The number of sulfonamides is 1. The van der Waals surface area contributed by atoms with E-state index in [9.17, 15) is 8.42 Å². The van der Waals surface area contributed by atoms with Gasteiger partial charge in [-0.05, 0) is 62.6 Å². The van der Waals surface area contributed by atoms with E-state index in [1.54, 1.807) is 30.7 Å². The first-order valence-electron chi connectivity index (χ1n) is 15.8. The standard InChI is InChI=1S/C35H48N3O6S/c1-26-10-16-31(17-11-26)45(39,40)37-24-35(32(23-29(37)22-27(2)36)28-12-14-30(42-4)15-13-28)44-25-38(18-7-20-41-3)19-21-43-34-9-6-5-8-33(34)38/h5-6,8-17,27,29,32,35H,7,18-25,36H2,1-4H3/q+1/t27?,29-,32+,35-,38-/m0/s1. The maximum absolute atomic E-state index is 14.2. The molecular weight excluding hydrogens is 590 g/mol. The van der Waals surface area contributed by atoms with Gasteiger partial charge in [0.05, 0.1) is 31.3 Å². The summed E-state index contributed by atoms with van der Waals surface area (Å²) in [4.78, 5) is 0.287. The van der Waals surface area contributed by atoms with E-state index in [0.29, 0.717) is 37.3 Å². The molecule has 5 atom stereocenters. The highest BCUT2D eigenvalue weighted by atomic mass is 32.2. The molecule has 2 aliphatic rings. The first kappa shape index (κ1) is 33.4. The molecule has 0 bridgehead atoms. The number of benzene rings is 3. The van der Waals surface area contributed by atoms with Crippen LogP contribution in [-0.4, -0.2) is 84.7 Å². The van der Waals surface area contributed by atoms with E-state index in [0.717, 1.165) is 47.8 Å². The third kappa shape index (κ3) is 7.53. The molecule has 0 amide bonds. The molecule has 1 saturated heterocycles. The number of quaternary nitrogens is 1. The lowest BCUT2D eigenvalue weighted by atomic mass is 9.82. The summed E-state index contributed by atoms with van der Waals surface area (Å²) >= 11 is 0. The topological polar surface area (TPSA) is 100 Å². The summed E-state index contributed by atoms with van der Waals surface area (Å²) in [5.74, 6) is 1.59. The number of piperidine rings is 1. The van der Waals surface area contributed by atoms with E-state index in [1.807, 2.05) is 56.3 Å². The Morgan fingerprint density at radius 2 is 1.78 bits per heavy atom. The molecule has 5 rings (SSSR count). The number of para-hydroxylation sites is 2. The van der Waals surface area contributed by atoms with Gasteiger partial charge in [-0.3, -0.25) is 4.48 Å². The van der Waals surface area contributed by atoms with Crippen molar-refractivity contribution < 1.29 is 27.4 Å². The van der Waals surface area contributed by atoms with Gasteiger partial charge in [0.1, 0.15) is 18.9 Å². The highest BCUT2D eigenvalue weighted by Gasteiger charge is 2.45. The smallest absolute Gasteiger partial charge is 0.243 e. The van der Waals surface area contributed by atoms with Gasteiger partial charge in [-0.1, -0.05) is 42.0 Å². The number of rotatable bonds is 13. The molecule has 244 valence electrons. The van der Waals surface area contributed by atoms with Gasteiger partial charge in [-0.25, -0.2) is 8.42 Å². The molecule has 0 spiro atoms. The van der Waals surface area contributed by atoms with Crippen LogP contribution in [0.15, 0.2) is 77.7 Å². The summed E-state index contributed by atoms with van der Waals surface area (Å²) < 4.78 is 54.6. The summed E-state index contributed by atoms with van der Waals surface area (Å²) in [6.45, 7) is 7.28. The van der Waals surface area contributed by atoms with Crippen LogP contribution < -0.4 is 19.7 Å². The van der Waals surface area contributed by atoms with Crippen molar-refractivity contribution in [1.82, 2.24) is 8.79 Å². The first-order chi connectivity index (χ1) is 21.7. The monoisotopic (exact) mass is 638 g/mol. The second-order valence-electron chi connectivity index (χ2n) is 12.5. The number of nitrogens with two attached hydrogens (primary N) is 1. The molecule has 45 heavy (non-hydrogen) atoms. The van der Waals surface area contributed by atoms with Crippen molar-refractivity contribution in [2.24, 2.45) is 5.73 Å². The van der Waals surface area contributed by atoms with Crippen LogP contribution in [0.25, 0.3) is 0 Å². The minimum Gasteiger partial charge on any atom is -0.497 e. The summed E-state index contributed by atoms with van der Waals surface area (Å²) in [5, 5.41) is 0. The van der Waals surface area contributed by atoms with Crippen molar-refractivity contribution in [3.63, 3.8) is 0 Å². The Morgan fingerprint density at radius 3 is 2.47 bits per heavy atom. The molecule has 1 unspecified atom stereocenters. The lowest BCUT2D eigenvalue weighted by Crippen LogP contribution is -2.59. The average Bonchev–Trinajstić information content (AvgIpc) is 3.04. The van der Waals surface area contributed by atoms with Crippen LogP contribution in [0.3, 0.4) is 0 Å². The second-order valence-corrected chi connectivity index (χ2v) is 14.3. The van der Waals surface area contributed by atoms with Crippen molar-refractivity contribution in [3.05, 3.63) is 83.9 Å². The van der Waals surface area contributed by atoms with Crippen LogP contribution in [0.5, 0.6) is 11.5 Å². The molecule has 2 N–H and O–H groups in total. The number of hydrogen-bond donors (Lipinski definition) is 1. The number of fused-ring (bicyclic) bond motifs is 1. The molecule has 0 saturated carbocycles. The zero-order valence-corrected chi connectivity index (χ0v) is 27.7. The van der Waals surface area contributed by atoms with Crippen molar-refractivity contribution >= 4 is 15.7 Å². The van der Waals surface area contributed by atoms with Crippen molar-refractivity contribution in [1.29, 1.82) is 0 Å². The molecule has 2 aliphatic heterocycles. The zero-order chi connectivity index (χ0) is 32.0. The Morgan fingerprint density at radius 1 is 1.04 bits per heavy atom. The van der Waals surface area contributed by atoms with E-state index in [4.69, 9.17) is 24.7 Å². The largest absolute Gasteiger partial charge is 0.497 e. The summed E-state index contributed by atoms with van der Waals surface area (Å²) in [5.41, 5.74) is 9.51. The van der Waals surface area contributed by atoms with Gasteiger partial charge in [0.25, 0.3) is 0 Å². The first-order valence-corrected chi connectivity index (χ1v) is 17.3. The van der Waals surface area contributed by atoms with Gasteiger partial charge in [0, 0.05) is 44.1 Å². The molecule has 3 aromatic carbocycles. The predicted molar refractivity (Wildman–Crippen MR) is 177 cm³/mol. The summed E-state index contributed by atoms with van der Waals surface area (Å²) in [6.07, 6.45) is 1.60. The van der Waals surface area contributed by atoms with Crippen LogP contribution in [0.1, 0.15) is 43.2 Å². The van der Waals surface area contributed by atoms with Crippen molar-refractivity contribution in [3.8, 4) is 11.5 Å². The van der Waals surface area contributed by atoms with E-state index < -0.39 is 16.1 Å². The van der Waals surface area contributed by atoms with Crippen LogP contribution in [0.2, 0.25) is 0 Å². The SMILES string of the molecule is COCCC[N@@+]1(CO[C@H]2CN(S(=O)(=O)c3ccc(C)cc3)[C@@H](CC(C)N)C[C@@H]2c2ccc(OC)cc2)CCOc2ccccc21. The van der Waals surface area contributed by atoms with Gasteiger partial charge in [0.2, 0.25) is 10.0 Å². The molecular formula is C35H48N3O6S+. The Hall–Kier alpha value is -2.99. The lowest BCUT2D eigenvalue weighted by Gasteiger charge is -2.46. The third-order valence-electron chi connectivity index (χ3n) is 9.18. The van der Waals surface area contributed by atoms with Crippen molar-refractivity contribution in [2.45, 2.75) is 62.1 Å². The van der Waals surface area contributed by atoms with Crippen LogP contribution in [-0.2, 0) is 19.5 Å². The molecule has 10 heteroatoms. The molecule has 3 aromatic rings. The van der Waals surface area contributed by atoms with E-state index >= 15 is 0 Å². The minimum atomic E-state index is -3.81. The van der Waals surface area contributed by atoms with E-state index in [1.165, 1.54) is 0 Å².